The second-order valence-electron chi connectivity index (χ2n) is 7.00. The fraction of sp³-hybridized carbons (Fsp3) is 1.00. The van der Waals surface area contributed by atoms with Crippen molar-refractivity contribution in [1.29, 1.82) is 0 Å². The summed E-state index contributed by atoms with van der Waals surface area (Å²) in [6.45, 7) is 6.18. The predicted molar refractivity (Wildman–Crippen MR) is 101 cm³/mol. The molecule has 10 nitrogen and oxygen atoms in total. The van der Waals surface area contributed by atoms with Crippen LogP contribution in [-0.4, -0.2) is 47.5 Å². The average molecular weight is 455 g/mol. The summed E-state index contributed by atoms with van der Waals surface area (Å²) in [5, 5.41) is 0. The molecule has 14 heteroatoms. The summed E-state index contributed by atoms with van der Waals surface area (Å²) < 4.78 is 55.6. The first kappa shape index (κ1) is 26.5. The van der Waals surface area contributed by atoms with Gasteiger partial charge in [-0.15, -0.1) is 0 Å². The average Bonchev–Trinajstić information content (AvgIpc) is 2.35. The summed E-state index contributed by atoms with van der Waals surface area (Å²) in [6, 6.07) is 0. The van der Waals surface area contributed by atoms with E-state index in [0.717, 1.165) is 0 Å². The molecule has 26 heavy (non-hydrogen) atoms. The van der Waals surface area contributed by atoms with Gasteiger partial charge in [-0.2, -0.15) is 0 Å². The third-order valence-corrected chi connectivity index (χ3v) is 7.56. The molecule has 4 unspecified atom stereocenters. The topological polar surface area (TPSA) is 182 Å². The second-order valence-corrected chi connectivity index (χ2v) is 13.0. The van der Waals surface area contributed by atoms with E-state index in [0.29, 0.717) is 0 Å². The molecule has 0 rings (SSSR count). The summed E-state index contributed by atoms with van der Waals surface area (Å²) in [5.74, 6) is 0.738. The summed E-state index contributed by atoms with van der Waals surface area (Å²) in [5.41, 5.74) is 7.72. The number of rotatable bonds is 13. The van der Waals surface area contributed by atoms with E-state index < -0.39 is 48.3 Å². The van der Waals surface area contributed by atoms with E-state index in [-0.39, 0.29) is 35.9 Å². The predicted octanol–water partition coefficient (Wildman–Crippen LogP) is 0.341. The molecular formula is C12H29N2O8P2S2-. The molecule has 0 bridgehead atoms. The number of nitrogens with two attached hydrogens (primary N) is 2. The van der Waals surface area contributed by atoms with Crippen LogP contribution in [0.5, 0.6) is 0 Å². The Balaban J connectivity index is 4.22. The van der Waals surface area contributed by atoms with Crippen LogP contribution < -0.4 is 15.9 Å². The van der Waals surface area contributed by atoms with Gasteiger partial charge in [-0.05, 0) is 40.5 Å². The van der Waals surface area contributed by atoms with Crippen LogP contribution in [0.15, 0.2) is 0 Å². The van der Waals surface area contributed by atoms with E-state index >= 15 is 0 Å². The lowest BCUT2D eigenvalue weighted by atomic mass is 10.1. The van der Waals surface area contributed by atoms with Crippen LogP contribution in [-0.2, 0) is 39.8 Å². The smallest absolute Gasteiger partial charge is 0.400 e. The third-order valence-electron chi connectivity index (χ3n) is 3.15. The zero-order valence-electron chi connectivity index (χ0n) is 15.4. The van der Waals surface area contributed by atoms with E-state index in [9.17, 15) is 22.4 Å². The fourth-order valence-electron chi connectivity index (χ4n) is 1.90. The molecule has 0 aliphatic rings. The Hall–Kier alpha value is 0.520. The maximum absolute atomic E-state index is 12.0. The standard InChI is InChI=1S/C12H30N2O8P2S2/c1-11(2,21-23(13,15)16)5-7-25(19)9-10-26(20)8-6-12(3,4)22-24(14,17)18/h5-10H2,1-4H3,(H3,13,15,16)(H3,14,17,18)/p-1. The molecule has 0 aliphatic heterocycles. The van der Waals surface area contributed by atoms with Crippen molar-refractivity contribution >= 4 is 37.1 Å². The Kier molecular flexibility index (Phi) is 10.5. The van der Waals surface area contributed by atoms with Gasteiger partial charge in [-0.25, -0.2) is 10.1 Å². The van der Waals surface area contributed by atoms with Gasteiger partial charge in [0.2, 0.25) is 7.75 Å². The van der Waals surface area contributed by atoms with E-state index in [1.807, 2.05) is 0 Å². The third kappa shape index (κ3) is 15.6. The molecule has 0 aliphatic carbocycles. The van der Waals surface area contributed by atoms with Gasteiger partial charge in [0, 0.05) is 44.6 Å². The van der Waals surface area contributed by atoms with Gasteiger partial charge in [0.15, 0.2) is 0 Å². The van der Waals surface area contributed by atoms with Crippen molar-refractivity contribution in [3.63, 3.8) is 0 Å². The molecule has 0 saturated carbocycles. The van der Waals surface area contributed by atoms with Crippen molar-refractivity contribution < 1.29 is 36.4 Å². The van der Waals surface area contributed by atoms with E-state index in [2.05, 4.69) is 0 Å². The number of hydrogen-bond donors (Lipinski definition) is 3. The fourth-order valence-corrected chi connectivity index (χ4v) is 6.81. The first-order valence-electron chi connectivity index (χ1n) is 7.73. The Bertz CT molecular complexity index is 550. The Morgan fingerprint density at radius 2 is 1.23 bits per heavy atom. The molecule has 0 fully saturated rings. The first-order valence-corrected chi connectivity index (χ1v) is 14.0. The molecule has 0 spiro atoms. The molecule has 0 aromatic rings. The molecule has 0 saturated heterocycles. The van der Waals surface area contributed by atoms with Gasteiger partial charge in [-0.3, -0.25) is 23.0 Å². The SMILES string of the molecule is CC(C)(CCS(=O)CCS(=O)CCC(C)(C)OP(N)(=O)O)OP(N)(=O)[O-]. The minimum absolute atomic E-state index is 0.178. The zero-order valence-corrected chi connectivity index (χ0v) is 18.8. The van der Waals surface area contributed by atoms with E-state index in [1.54, 1.807) is 13.8 Å². The van der Waals surface area contributed by atoms with Crippen molar-refractivity contribution in [2.24, 2.45) is 11.0 Å². The molecule has 4 atom stereocenters. The highest BCUT2D eigenvalue weighted by molar-refractivity contribution is 7.88. The van der Waals surface area contributed by atoms with Crippen LogP contribution >= 0.6 is 15.5 Å². The van der Waals surface area contributed by atoms with Crippen LogP contribution in [0.4, 0.5) is 0 Å². The largest absolute Gasteiger partial charge is 0.766 e. The van der Waals surface area contributed by atoms with Gasteiger partial charge >= 0.3 is 7.75 Å². The lowest BCUT2D eigenvalue weighted by molar-refractivity contribution is -0.207. The maximum Gasteiger partial charge on any atom is 0.400 e. The minimum atomic E-state index is -4.37. The molecule has 158 valence electrons. The van der Waals surface area contributed by atoms with Gasteiger partial charge in [-0.1, -0.05) is 0 Å². The molecule has 0 heterocycles. The minimum Gasteiger partial charge on any atom is -0.766 e. The Morgan fingerprint density at radius 1 is 0.885 bits per heavy atom. The zero-order chi connectivity index (χ0) is 20.8. The molecular weight excluding hydrogens is 426 g/mol. The van der Waals surface area contributed by atoms with Crippen LogP contribution in [0, 0.1) is 0 Å². The van der Waals surface area contributed by atoms with Gasteiger partial charge < -0.3 is 14.3 Å². The van der Waals surface area contributed by atoms with Crippen molar-refractivity contribution in [1.82, 2.24) is 0 Å². The first-order chi connectivity index (χ1) is 11.4. The second kappa shape index (κ2) is 10.3. The van der Waals surface area contributed by atoms with Gasteiger partial charge in [0.05, 0.1) is 11.2 Å². The van der Waals surface area contributed by atoms with Gasteiger partial charge in [0.25, 0.3) is 0 Å². The van der Waals surface area contributed by atoms with E-state index in [1.165, 1.54) is 13.8 Å². The monoisotopic (exact) mass is 455 g/mol. The highest BCUT2D eigenvalue weighted by atomic mass is 32.2. The maximum atomic E-state index is 12.0. The highest BCUT2D eigenvalue weighted by Gasteiger charge is 2.28. The van der Waals surface area contributed by atoms with Crippen LogP contribution in [0.2, 0.25) is 0 Å². The molecule has 0 aromatic heterocycles. The van der Waals surface area contributed by atoms with Crippen molar-refractivity contribution in [2.75, 3.05) is 23.0 Å². The Morgan fingerprint density at radius 3 is 1.54 bits per heavy atom. The van der Waals surface area contributed by atoms with Crippen molar-refractivity contribution in [3.05, 3.63) is 0 Å². The molecule has 0 amide bonds. The van der Waals surface area contributed by atoms with Crippen LogP contribution in [0.1, 0.15) is 40.5 Å². The van der Waals surface area contributed by atoms with Crippen LogP contribution in [0.25, 0.3) is 0 Å². The van der Waals surface area contributed by atoms with Crippen molar-refractivity contribution in [2.45, 2.75) is 51.7 Å². The molecule has 5 N–H and O–H groups in total. The highest BCUT2D eigenvalue weighted by Crippen LogP contribution is 2.39. The number of hydrogen-bond acceptors (Lipinski definition) is 7. The lowest BCUT2D eigenvalue weighted by Gasteiger charge is -2.31. The summed E-state index contributed by atoms with van der Waals surface area (Å²) in [6.07, 6.45) is 0.447. The summed E-state index contributed by atoms with van der Waals surface area (Å²) in [4.78, 5) is 20.0. The summed E-state index contributed by atoms with van der Waals surface area (Å²) in [7, 11) is -11.1. The molecule has 0 radical (unpaired) electrons. The van der Waals surface area contributed by atoms with Crippen LogP contribution in [0.3, 0.4) is 0 Å². The lowest BCUT2D eigenvalue weighted by Crippen LogP contribution is -2.30. The molecule has 0 aromatic carbocycles. The summed E-state index contributed by atoms with van der Waals surface area (Å²) >= 11 is 0. The van der Waals surface area contributed by atoms with Crippen molar-refractivity contribution in [3.8, 4) is 0 Å². The normalized spacial score (nSPS) is 20.2. The quantitative estimate of drug-likeness (QED) is 0.327. The van der Waals surface area contributed by atoms with Gasteiger partial charge in [0.1, 0.15) is 0 Å². The Labute approximate surface area is 159 Å². The van der Waals surface area contributed by atoms with E-state index in [4.69, 9.17) is 24.9 Å².